The zero-order valence-electron chi connectivity index (χ0n) is 13.3. The highest BCUT2D eigenvalue weighted by Crippen LogP contribution is 2.18. The summed E-state index contributed by atoms with van der Waals surface area (Å²) >= 11 is 3.42. The summed E-state index contributed by atoms with van der Waals surface area (Å²) in [5.41, 5.74) is 1.94. The van der Waals surface area contributed by atoms with Gasteiger partial charge in [-0.3, -0.25) is 4.79 Å². The number of carbonyl (C=O) groups is 1. The van der Waals surface area contributed by atoms with Gasteiger partial charge in [-0.1, -0.05) is 34.1 Å². The Labute approximate surface area is 145 Å². The molecule has 5 heteroatoms. The largest absolute Gasteiger partial charge is 0.492 e. The Morgan fingerprint density at radius 2 is 2.00 bits per heavy atom. The average Bonchev–Trinajstić information content (AvgIpc) is 2.51. The van der Waals surface area contributed by atoms with Gasteiger partial charge in [-0.25, -0.2) is 0 Å². The summed E-state index contributed by atoms with van der Waals surface area (Å²) < 4.78 is 6.71. The molecule has 0 aliphatic rings. The Morgan fingerprint density at radius 1 is 1.22 bits per heavy atom. The van der Waals surface area contributed by atoms with Crippen LogP contribution in [0.1, 0.15) is 25.5 Å². The summed E-state index contributed by atoms with van der Waals surface area (Å²) in [4.78, 5) is 11.1. The van der Waals surface area contributed by atoms with Crippen molar-refractivity contribution in [3.8, 4) is 5.75 Å². The zero-order valence-corrected chi connectivity index (χ0v) is 14.9. The highest BCUT2D eigenvalue weighted by Gasteiger charge is 2.06. The van der Waals surface area contributed by atoms with Gasteiger partial charge in [-0.2, -0.15) is 0 Å². The molecular weight excluding hydrogens is 356 g/mol. The Balaban J connectivity index is 1.80. The van der Waals surface area contributed by atoms with Crippen LogP contribution < -0.4 is 15.4 Å². The van der Waals surface area contributed by atoms with Gasteiger partial charge in [0.1, 0.15) is 12.4 Å². The second-order valence-corrected chi connectivity index (χ2v) is 6.20. The molecule has 0 aliphatic carbocycles. The number of carbonyl (C=O) groups excluding carboxylic acids is 1. The smallest absolute Gasteiger partial charge is 0.221 e. The Morgan fingerprint density at radius 3 is 2.74 bits per heavy atom. The number of rotatable bonds is 7. The minimum Gasteiger partial charge on any atom is -0.492 e. The Hall–Kier alpha value is -1.85. The van der Waals surface area contributed by atoms with Gasteiger partial charge in [-0.15, -0.1) is 0 Å². The fourth-order valence-electron chi connectivity index (χ4n) is 2.21. The topological polar surface area (TPSA) is 50.4 Å². The number of anilines is 1. The maximum absolute atomic E-state index is 11.1. The van der Waals surface area contributed by atoms with Gasteiger partial charge < -0.3 is 15.4 Å². The van der Waals surface area contributed by atoms with Crippen molar-refractivity contribution >= 4 is 27.5 Å². The molecule has 0 spiro atoms. The molecule has 4 nitrogen and oxygen atoms in total. The van der Waals surface area contributed by atoms with E-state index in [0.29, 0.717) is 6.61 Å². The second-order valence-electron chi connectivity index (χ2n) is 5.29. The molecule has 0 aromatic heterocycles. The van der Waals surface area contributed by atoms with Crippen LogP contribution in [-0.4, -0.2) is 19.1 Å². The van der Waals surface area contributed by atoms with Crippen molar-refractivity contribution in [3.05, 3.63) is 58.6 Å². The summed E-state index contributed by atoms with van der Waals surface area (Å²) in [6.07, 6.45) is 0. The third-order valence-corrected chi connectivity index (χ3v) is 3.82. The Bertz CT molecular complexity index is 661. The van der Waals surface area contributed by atoms with Gasteiger partial charge in [0, 0.05) is 29.7 Å². The minimum absolute atomic E-state index is 0.0646. The summed E-state index contributed by atoms with van der Waals surface area (Å²) in [5, 5.41) is 6.21. The average molecular weight is 377 g/mol. The van der Waals surface area contributed by atoms with Crippen LogP contribution in [0.2, 0.25) is 0 Å². The standard InChI is InChI=1S/C18H21BrN2O2/c1-13(15-5-3-7-17(11-15)21-14(2)22)20-9-10-23-18-8-4-6-16(19)12-18/h3-8,11-13,20H,9-10H2,1-2H3,(H,21,22). The van der Waals surface area contributed by atoms with Gasteiger partial charge in [0.05, 0.1) is 0 Å². The van der Waals surface area contributed by atoms with Gasteiger partial charge in [-0.05, 0) is 42.8 Å². The lowest BCUT2D eigenvalue weighted by Gasteiger charge is -2.16. The van der Waals surface area contributed by atoms with Crippen molar-refractivity contribution in [2.45, 2.75) is 19.9 Å². The van der Waals surface area contributed by atoms with Crippen LogP contribution in [-0.2, 0) is 4.79 Å². The van der Waals surface area contributed by atoms with Gasteiger partial charge in [0.2, 0.25) is 5.91 Å². The third-order valence-electron chi connectivity index (χ3n) is 3.32. The van der Waals surface area contributed by atoms with E-state index in [1.807, 2.05) is 48.5 Å². The monoisotopic (exact) mass is 376 g/mol. The summed E-state index contributed by atoms with van der Waals surface area (Å²) in [6, 6.07) is 15.8. The molecule has 2 rings (SSSR count). The van der Waals surface area contributed by atoms with E-state index in [9.17, 15) is 4.79 Å². The van der Waals surface area contributed by atoms with Crippen molar-refractivity contribution in [3.63, 3.8) is 0 Å². The normalized spacial score (nSPS) is 11.8. The van der Waals surface area contributed by atoms with Gasteiger partial charge in [0.15, 0.2) is 0 Å². The minimum atomic E-state index is -0.0646. The lowest BCUT2D eigenvalue weighted by Crippen LogP contribution is -2.24. The van der Waals surface area contributed by atoms with Crippen LogP contribution in [0.3, 0.4) is 0 Å². The van der Waals surface area contributed by atoms with Crippen molar-refractivity contribution in [2.24, 2.45) is 0 Å². The summed E-state index contributed by atoms with van der Waals surface area (Å²) in [7, 11) is 0. The van der Waals surface area contributed by atoms with E-state index in [0.717, 1.165) is 28.0 Å². The van der Waals surface area contributed by atoms with Crippen molar-refractivity contribution in [1.29, 1.82) is 0 Å². The molecule has 2 N–H and O–H groups in total. The van der Waals surface area contributed by atoms with Crippen LogP contribution in [0.4, 0.5) is 5.69 Å². The molecule has 0 bridgehead atoms. The third kappa shape index (κ3) is 6.04. The van der Waals surface area contributed by atoms with Crippen LogP contribution in [0.25, 0.3) is 0 Å². The highest BCUT2D eigenvalue weighted by atomic mass is 79.9. The first-order chi connectivity index (χ1) is 11.0. The maximum atomic E-state index is 11.1. The quantitative estimate of drug-likeness (QED) is 0.714. The molecule has 23 heavy (non-hydrogen) atoms. The van der Waals surface area contributed by atoms with Gasteiger partial charge >= 0.3 is 0 Å². The van der Waals surface area contributed by atoms with E-state index in [2.05, 4.69) is 33.5 Å². The highest BCUT2D eigenvalue weighted by molar-refractivity contribution is 9.10. The van der Waals surface area contributed by atoms with Crippen LogP contribution in [0, 0.1) is 0 Å². The number of hydrogen-bond acceptors (Lipinski definition) is 3. The number of nitrogens with one attached hydrogen (secondary N) is 2. The second kappa shape index (κ2) is 8.70. The van der Waals surface area contributed by atoms with E-state index in [1.54, 1.807) is 0 Å². The maximum Gasteiger partial charge on any atom is 0.221 e. The van der Waals surface area contributed by atoms with Crippen LogP contribution in [0.5, 0.6) is 5.75 Å². The van der Waals surface area contributed by atoms with Gasteiger partial charge in [0.25, 0.3) is 0 Å². The predicted molar refractivity (Wildman–Crippen MR) is 96.8 cm³/mol. The molecule has 0 radical (unpaired) electrons. The number of amides is 1. The lowest BCUT2D eigenvalue weighted by molar-refractivity contribution is -0.114. The number of ether oxygens (including phenoxy) is 1. The molecule has 1 unspecified atom stereocenters. The first-order valence-electron chi connectivity index (χ1n) is 7.54. The number of halogens is 1. The molecule has 1 atom stereocenters. The van der Waals surface area contributed by atoms with Crippen LogP contribution >= 0.6 is 15.9 Å². The molecule has 2 aromatic rings. The van der Waals surface area contributed by atoms with E-state index >= 15 is 0 Å². The molecule has 122 valence electrons. The predicted octanol–water partition coefficient (Wildman–Crippen LogP) is 4.14. The molecule has 2 aromatic carbocycles. The van der Waals surface area contributed by atoms with Crippen molar-refractivity contribution < 1.29 is 9.53 Å². The molecule has 0 aliphatic heterocycles. The van der Waals surface area contributed by atoms with Crippen LogP contribution in [0.15, 0.2) is 53.0 Å². The van der Waals surface area contributed by atoms with E-state index in [-0.39, 0.29) is 11.9 Å². The Kier molecular flexibility index (Phi) is 6.62. The van der Waals surface area contributed by atoms with Crippen molar-refractivity contribution in [2.75, 3.05) is 18.5 Å². The summed E-state index contributed by atoms with van der Waals surface area (Å²) in [6.45, 7) is 4.92. The fraction of sp³-hybridized carbons (Fsp3) is 0.278. The van der Waals surface area contributed by atoms with E-state index < -0.39 is 0 Å². The molecular formula is C18H21BrN2O2. The van der Waals surface area contributed by atoms with Crippen molar-refractivity contribution in [1.82, 2.24) is 5.32 Å². The molecule has 0 saturated heterocycles. The molecule has 0 heterocycles. The zero-order chi connectivity index (χ0) is 16.7. The summed E-state index contributed by atoms with van der Waals surface area (Å²) in [5.74, 6) is 0.784. The fourth-order valence-corrected chi connectivity index (χ4v) is 2.59. The van der Waals surface area contributed by atoms with E-state index in [4.69, 9.17) is 4.74 Å². The SMILES string of the molecule is CC(=O)Nc1cccc(C(C)NCCOc2cccc(Br)c2)c1. The number of benzene rings is 2. The first kappa shape index (κ1) is 17.5. The molecule has 0 fully saturated rings. The first-order valence-corrected chi connectivity index (χ1v) is 8.33. The van der Waals surface area contributed by atoms with E-state index in [1.165, 1.54) is 6.92 Å². The lowest BCUT2D eigenvalue weighted by atomic mass is 10.1. The number of hydrogen-bond donors (Lipinski definition) is 2. The molecule has 1 amide bonds. The molecule has 0 saturated carbocycles.